The number of carbonyl (C=O) groups excluding carboxylic acids is 1. The van der Waals surface area contributed by atoms with E-state index in [9.17, 15) is 4.79 Å². The largest absolute Gasteiger partial charge is 0.469 e. The molecule has 0 aliphatic heterocycles. The number of ether oxygens (including phenoxy) is 1. The molecule has 0 radical (unpaired) electrons. The molecule has 2 rings (SSSR count). The average Bonchev–Trinajstić information content (AvgIpc) is 2.74. The van der Waals surface area contributed by atoms with E-state index in [0.29, 0.717) is 17.2 Å². The molecule has 1 heterocycles. The third kappa shape index (κ3) is 2.99. The van der Waals surface area contributed by atoms with E-state index in [1.54, 1.807) is 11.8 Å². The summed E-state index contributed by atoms with van der Waals surface area (Å²) in [5, 5.41) is 1.72. The molecule has 0 unspecified atom stereocenters. The van der Waals surface area contributed by atoms with E-state index in [1.165, 1.54) is 18.6 Å². The van der Waals surface area contributed by atoms with E-state index in [0.717, 1.165) is 19.6 Å². The summed E-state index contributed by atoms with van der Waals surface area (Å²) in [6.45, 7) is 0. The smallest absolute Gasteiger partial charge is 0.306 e. The van der Waals surface area contributed by atoms with Gasteiger partial charge in [-0.25, -0.2) is 0 Å². The molecule has 0 spiro atoms. The summed E-state index contributed by atoms with van der Waals surface area (Å²) in [4.78, 5) is 12.0. The van der Waals surface area contributed by atoms with Gasteiger partial charge in [0.05, 0.1) is 23.3 Å². The van der Waals surface area contributed by atoms with E-state index in [4.69, 9.17) is 11.6 Å². The molecule has 0 atom stereocenters. The third-order valence-electron chi connectivity index (χ3n) is 2.29. The van der Waals surface area contributed by atoms with Crippen LogP contribution in [0.2, 0.25) is 5.02 Å². The lowest BCUT2D eigenvalue weighted by Crippen LogP contribution is -2.00. The number of esters is 1. The first-order chi connectivity index (χ1) is 8.63. The fourth-order valence-electron chi connectivity index (χ4n) is 1.38. The van der Waals surface area contributed by atoms with Gasteiger partial charge in [0.1, 0.15) is 4.60 Å². The molecular weight excluding hydrogens is 358 g/mol. The van der Waals surface area contributed by atoms with Gasteiger partial charge in [-0.1, -0.05) is 11.6 Å². The average molecular weight is 367 g/mol. The van der Waals surface area contributed by atoms with Crippen LogP contribution in [0.5, 0.6) is 0 Å². The number of aromatic nitrogens is 1. The van der Waals surface area contributed by atoms with Gasteiger partial charge in [-0.15, -0.1) is 11.8 Å². The fourth-order valence-corrected chi connectivity index (χ4v) is 4.16. The Bertz CT molecular complexity index is 588. The van der Waals surface area contributed by atoms with Gasteiger partial charge in [0.25, 0.3) is 0 Å². The number of halogens is 2. The van der Waals surface area contributed by atoms with Gasteiger partial charge < -0.3 is 4.74 Å². The topological polar surface area (TPSA) is 39.2 Å². The highest BCUT2D eigenvalue weighted by Gasteiger charge is 2.11. The summed E-state index contributed by atoms with van der Waals surface area (Å²) in [5.41, 5.74) is 0. The summed E-state index contributed by atoms with van der Waals surface area (Å²) in [5.74, 6) is 0.443. The quantitative estimate of drug-likeness (QED) is 0.595. The van der Waals surface area contributed by atoms with Crippen molar-refractivity contribution in [3.63, 3.8) is 0 Å². The minimum atomic E-state index is -0.208. The van der Waals surface area contributed by atoms with Crippen LogP contribution in [0.1, 0.15) is 6.42 Å². The van der Waals surface area contributed by atoms with Gasteiger partial charge in [-0.2, -0.15) is 4.37 Å². The normalized spacial score (nSPS) is 10.8. The monoisotopic (exact) mass is 365 g/mol. The Kier molecular flexibility index (Phi) is 4.89. The summed E-state index contributed by atoms with van der Waals surface area (Å²) < 4.78 is 10.6. The summed E-state index contributed by atoms with van der Waals surface area (Å²) >= 11 is 12.6. The van der Waals surface area contributed by atoms with E-state index in [-0.39, 0.29) is 5.97 Å². The number of hydrogen-bond acceptors (Lipinski definition) is 5. The molecule has 1 aromatic heterocycles. The van der Waals surface area contributed by atoms with Crippen LogP contribution < -0.4 is 0 Å². The van der Waals surface area contributed by atoms with E-state index < -0.39 is 0 Å². The van der Waals surface area contributed by atoms with Crippen molar-refractivity contribution >= 4 is 66.9 Å². The first-order valence-corrected chi connectivity index (χ1v) is 7.99. The molecule has 0 saturated heterocycles. The van der Waals surface area contributed by atoms with Gasteiger partial charge in [0.15, 0.2) is 0 Å². The SMILES string of the molecule is COC(=O)CCSc1ccc2c(Br)nsc2c1Cl. The second-order valence-corrected chi connectivity index (χ2v) is 6.44. The van der Waals surface area contributed by atoms with E-state index in [2.05, 4.69) is 25.0 Å². The second kappa shape index (κ2) is 6.23. The van der Waals surface area contributed by atoms with E-state index in [1.807, 2.05) is 12.1 Å². The Morgan fingerprint density at radius 2 is 2.39 bits per heavy atom. The van der Waals surface area contributed by atoms with Gasteiger partial charge >= 0.3 is 5.97 Å². The molecular formula is C11H9BrClNO2S2. The van der Waals surface area contributed by atoms with Crippen LogP contribution >= 0.6 is 50.8 Å². The minimum Gasteiger partial charge on any atom is -0.469 e. The predicted molar refractivity (Wildman–Crippen MR) is 79.7 cm³/mol. The number of benzene rings is 1. The highest BCUT2D eigenvalue weighted by atomic mass is 79.9. The fraction of sp³-hybridized carbons (Fsp3) is 0.273. The van der Waals surface area contributed by atoms with Gasteiger partial charge in [0, 0.05) is 16.0 Å². The molecule has 1 aromatic carbocycles. The Morgan fingerprint density at radius 1 is 1.61 bits per heavy atom. The Morgan fingerprint density at radius 3 is 3.11 bits per heavy atom. The molecule has 0 saturated carbocycles. The maximum absolute atomic E-state index is 11.0. The van der Waals surface area contributed by atoms with Crippen molar-refractivity contribution < 1.29 is 9.53 Å². The van der Waals surface area contributed by atoms with Crippen molar-refractivity contribution in [1.82, 2.24) is 4.37 Å². The van der Waals surface area contributed by atoms with Crippen molar-refractivity contribution in [3.8, 4) is 0 Å². The Hall–Kier alpha value is -0.300. The van der Waals surface area contributed by atoms with Crippen molar-refractivity contribution in [2.75, 3.05) is 12.9 Å². The number of hydrogen-bond donors (Lipinski definition) is 0. The molecule has 0 aliphatic rings. The van der Waals surface area contributed by atoms with Crippen LogP contribution in [0.25, 0.3) is 10.1 Å². The third-order valence-corrected chi connectivity index (χ3v) is 5.69. The molecule has 3 nitrogen and oxygen atoms in total. The lowest BCUT2D eigenvalue weighted by atomic mass is 10.3. The van der Waals surface area contributed by atoms with Crippen molar-refractivity contribution in [3.05, 3.63) is 21.8 Å². The Labute approximate surface area is 126 Å². The zero-order valence-electron chi connectivity index (χ0n) is 9.41. The number of methoxy groups -OCH3 is 1. The second-order valence-electron chi connectivity index (χ2n) is 3.40. The maximum atomic E-state index is 11.0. The minimum absolute atomic E-state index is 0.208. The zero-order chi connectivity index (χ0) is 13.1. The van der Waals surface area contributed by atoms with E-state index >= 15 is 0 Å². The van der Waals surface area contributed by atoms with Crippen molar-refractivity contribution in [2.45, 2.75) is 11.3 Å². The highest BCUT2D eigenvalue weighted by Crippen LogP contribution is 2.38. The van der Waals surface area contributed by atoms with Crippen LogP contribution in [-0.4, -0.2) is 23.2 Å². The van der Waals surface area contributed by atoms with Gasteiger partial charge in [-0.05, 0) is 39.6 Å². The molecule has 96 valence electrons. The molecule has 0 bridgehead atoms. The molecule has 2 aromatic rings. The number of thioether (sulfide) groups is 1. The van der Waals surface area contributed by atoms with Crippen molar-refractivity contribution in [1.29, 1.82) is 0 Å². The van der Waals surface area contributed by atoms with Crippen LogP contribution in [0, 0.1) is 0 Å². The van der Waals surface area contributed by atoms with Crippen molar-refractivity contribution in [2.24, 2.45) is 0 Å². The van der Waals surface area contributed by atoms with Gasteiger partial charge in [-0.3, -0.25) is 4.79 Å². The Balaban J connectivity index is 2.14. The number of fused-ring (bicyclic) bond motifs is 1. The van der Waals surface area contributed by atoms with Gasteiger partial charge in [0.2, 0.25) is 0 Å². The molecule has 0 fully saturated rings. The summed E-state index contributed by atoms with van der Waals surface area (Å²) in [7, 11) is 1.39. The van der Waals surface area contributed by atoms with Crippen LogP contribution in [-0.2, 0) is 9.53 Å². The molecule has 0 N–H and O–H groups in total. The zero-order valence-corrected chi connectivity index (χ0v) is 13.4. The first-order valence-electron chi connectivity index (χ1n) is 5.06. The standard InChI is InChI=1S/C11H9BrClNO2S2/c1-16-8(15)4-5-17-7-3-2-6-10(9(7)13)18-14-11(6)12/h2-3H,4-5H2,1H3. The molecule has 7 heteroatoms. The lowest BCUT2D eigenvalue weighted by molar-refractivity contribution is -0.140. The lowest BCUT2D eigenvalue weighted by Gasteiger charge is -2.04. The predicted octanol–water partition coefficient (Wildman–Crippen LogP) is 4.37. The number of nitrogens with zero attached hydrogens (tertiary/aromatic N) is 1. The maximum Gasteiger partial charge on any atom is 0.306 e. The van der Waals surface area contributed by atoms with Crippen LogP contribution in [0.15, 0.2) is 21.6 Å². The van der Waals surface area contributed by atoms with Crippen LogP contribution in [0.3, 0.4) is 0 Å². The number of rotatable bonds is 4. The first kappa shape index (κ1) is 14.1. The van der Waals surface area contributed by atoms with Crippen LogP contribution in [0.4, 0.5) is 0 Å². The highest BCUT2D eigenvalue weighted by molar-refractivity contribution is 9.10. The molecule has 0 amide bonds. The summed E-state index contributed by atoms with van der Waals surface area (Å²) in [6, 6.07) is 3.93. The summed E-state index contributed by atoms with van der Waals surface area (Å²) in [6.07, 6.45) is 0.377. The molecule has 0 aliphatic carbocycles. The number of carbonyl (C=O) groups is 1. The molecule has 18 heavy (non-hydrogen) atoms.